The molecule has 3 heteroatoms. The van der Waals surface area contributed by atoms with Crippen molar-refractivity contribution < 1.29 is 9.84 Å². The first-order valence-corrected chi connectivity index (χ1v) is 7.46. The van der Waals surface area contributed by atoms with E-state index in [1.165, 1.54) is 6.42 Å². The molecule has 0 spiro atoms. The van der Waals surface area contributed by atoms with E-state index in [0.29, 0.717) is 17.9 Å². The molecule has 2 rings (SSSR count). The number of hydrogen-bond donors (Lipinski definition) is 1. The summed E-state index contributed by atoms with van der Waals surface area (Å²) in [6.07, 6.45) is 3.56. The number of nitrogens with zero attached hydrogens (tertiary/aromatic N) is 1. The molecule has 0 radical (unpaired) electrons. The summed E-state index contributed by atoms with van der Waals surface area (Å²) in [5.74, 6) is 1.08. The third-order valence-corrected chi connectivity index (χ3v) is 5.04. The Morgan fingerprint density at radius 1 is 1.22 bits per heavy atom. The van der Waals surface area contributed by atoms with E-state index in [1.807, 2.05) is 0 Å². The molecule has 4 atom stereocenters. The fourth-order valence-corrected chi connectivity index (χ4v) is 3.75. The first-order chi connectivity index (χ1) is 8.41. The van der Waals surface area contributed by atoms with Crippen LogP contribution in [0.5, 0.6) is 0 Å². The lowest BCUT2D eigenvalue weighted by Gasteiger charge is -2.50. The summed E-state index contributed by atoms with van der Waals surface area (Å²) in [5, 5.41) is 10.4. The first kappa shape index (κ1) is 14.3. The van der Waals surface area contributed by atoms with E-state index in [0.717, 1.165) is 32.5 Å². The topological polar surface area (TPSA) is 32.7 Å². The number of hydrogen-bond acceptors (Lipinski definition) is 3. The van der Waals surface area contributed by atoms with E-state index >= 15 is 0 Å². The quantitative estimate of drug-likeness (QED) is 0.821. The highest BCUT2D eigenvalue weighted by molar-refractivity contribution is 4.96. The average molecular weight is 255 g/mol. The highest BCUT2D eigenvalue weighted by Gasteiger charge is 2.42. The van der Waals surface area contributed by atoms with Gasteiger partial charge in [0.2, 0.25) is 0 Å². The van der Waals surface area contributed by atoms with Crippen LogP contribution in [0, 0.1) is 11.8 Å². The lowest BCUT2D eigenvalue weighted by Crippen LogP contribution is -2.58. The van der Waals surface area contributed by atoms with Crippen LogP contribution in [0.3, 0.4) is 0 Å². The van der Waals surface area contributed by atoms with Gasteiger partial charge in [0, 0.05) is 24.5 Å². The Morgan fingerprint density at radius 2 is 1.94 bits per heavy atom. The van der Waals surface area contributed by atoms with Gasteiger partial charge in [-0.25, -0.2) is 0 Å². The molecule has 0 amide bonds. The van der Waals surface area contributed by atoms with Gasteiger partial charge in [-0.2, -0.15) is 0 Å². The Balaban J connectivity index is 2.04. The first-order valence-electron chi connectivity index (χ1n) is 7.46. The average Bonchev–Trinajstić information content (AvgIpc) is 2.28. The molecule has 1 saturated heterocycles. The van der Waals surface area contributed by atoms with Gasteiger partial charge < -0.3 is 9.84 Å². The molecule has 3 nitrogen and oxygen atoms in total. The van der Waals surface area contributed by atoms with Crippen LogP contribution in [0.2, 0.25) is 0 Å². The number of ether oxygens (including phenoxy) is 1. The Morgan fingerprint density at radius 3 is 2.56 bits per heavy atom. The second kappa shape index (κ2) is 5.48. The van der Waals surface area contributed by atoms with Crippen molar-refractivity contribution in [3.8, 4) is 0 Å². The molecule has 0 aromatic heterocycles. The fourth-order valence-electron chi connectivity index (χ4n) is 3.75. The van der Waals surface area contributed by atoms with Crippen molar-refractivity contribution in [3.63, 3.8) is 0 Å². The van der Waals surface area contributed by atoms with E-state index in [9.17, 15) is 5.11 Å². The van der Waals surface area contributed by atoms with Gasteiger partial charge in [-0.3, -0.25) is 4.90 Å². The van der Waals surface area contributed by atoms with Gasteiger partial charge in [-0.1, -0.05) is 13.3 Å². The summed E-state index contributed by atoms with van der Waals surface area (Å²) in [6, 6.07) is 0. The lowest BCUT2D eigenvalue weighted by molar-refractivity contribution is -0.0987. The molecule has 2 fully saturated rings. The van der Waals surface area contributed by atoms with Crippen LogP contribution in [0.4, 0.5) is 0 Å². The number of aliphatic hydroxyl groups excluding tert-OH is 1. The van der Waals surface area contributed by atoms with Crippen molar-refractivity contribution in [2.75, 3.05) is 19.7 Å². The Kier molecular flexibility index (Phi) is 4.35. The van der Waals surface area contributed by atoms with Crippen molar-refractivity contribution in [2.24, 2.45) is 11.8 Å². The zero-order valence-corrected chi connectivity index (χ0v) is 12.4. The van der Waals surface area contributed by atoms with E-state index in [-0.39, 0.29) is 11.6 Å². The van der Waals surface area contributed by atoms with E-state index in [2.05, 4.69) is 32.6 Å². The number of aliphatic hydroxyl groups is 1. The molecule has 106 valence electrons. The molecule has 18 heavy (non-hydrogen) atoms. The third-order valence-electron chi connectivity index (χ3n) is 5.04. The van der Waals surface area contributed by atoms with E-state index in [1.54, 1.807) is 0 Å². The molecule has 1 saturated carbocycles. The molecule has 0 aromatic carbocycles. The summed E-state index contributed by atoms with van der Waals surface area (Å²) >= 11 is 0. The molecular formula is C15H29NO2. The fraction of sp³-hybridized carbons (Fsp3) is 1.00. The van der Waals surface area contributed by atoms with Crippen LogP contribution in [0.25, 0.3) is 0 Å². The lowest BCUT2D eigenvalue weighted by atomic mass is 9.71. The molecular weight excluding hydrogens is 226 g/mol. The zero-order chi connectivity index (χ0) is 13.3. The summed E-state index contributed by atoms with van der Waals surface area (Å²) < 4.78 is 5.63. The summed E-state index contributed by atoms with van der Waals surface area (Å²) in [7, 11) is 0. The minimum Gasteiger partial charge on any atom is -0.393 e. The summed E-state index contributed by atoms with van der Waals surface area (Å²) in [5.41, 5.74) is 0.0809. The molecule has 0 bridgehead atoms. The predicted molar refractivity (Wildman–Crippen MR) is 73.6 cm³/mol. The van der Waals surface area contributed by atoms with Crippen LogP contribution in [0.1, 0.15) is 47.0 Å². The van der Waals surface area contributed by atoms with Crippen molar-refractivity contribution >= 4 is 0 Å². The third kappa shape index (κ3) is 2.89. The second-order valence-electron chi connectivity index (χ2n) is 6.87. The second-order valence-corrected chi connectivity index (χ2v) is 6.87. The molecule has 0 unspecified atom stereocenters. The molecule has 1 aliphatic carbocycles. The van der Waals surface area contributed by atoms with Crippen molar-refractivity contribution in [1.29, 1.82) is 0 Å². The van der Waals surface area contributed by atoms with Gasteiger partial charge >= 0.3 is 0 Å². The minimum absolute atomic E-state index is 0.0809. The summed E-state index contributed by atoms with van der Waals surface area (Å²) in [4.78, 5) is 2.52. The smallest absolute Gasteiger partial charge is 0.0674 e. The van der Waals surface area contributed by atoms with Gasteiger partial charge in [-0.05, 0) is 39.5 Å². The molecule has 1 N–H and O–H groups in total. The van der Waals surface area contributed by atoms with E-state index in [4.69, 9.17) is 4.74 Å². The van der Waals surface area contributed by atoms with Crippen LogP contribution in [-0.4, -0.2) is 47.4 Å². The van der Waals surface area contributed by atoms with Crippen molar-refractivity contribution in [2.45, 2.75) is 64.7 Å². The van der Waals surface area contributed by atoms with Crippen LogP contribution < -0.4 is 0 Å². The largest absolute Gasteiger partial charge is 0.393 e. The summed E-state index contributed by atoms with van der Waals surface area (Å²) in [6.45, 7) is 11.8. The van der Waals surface area contributed by atoms with Gasteiger partial charge in [0.05, 0.1) is 18.8 Å². The molecule has 0 aromatic rings. The standard InChI is InChI=1S/C15H29NO2/c1-11-5-6-13(14(17)9-11)15(3,4)16-7-8-18-12(2)10-16/h11-14,17H,5-10H2,1-4H3/t11-,12+,13-,14-/m1/s1. The van der Waals surface area contributed by atoms with Gasteiger partial charge in [0.25, 0.3) is 0 Å². The molecule has 1 heterocycles. The monoisotopic (exact) mass is 255 g/mol. The van der Waals surface area contributed by atoms with E-state index < -0.39 is 0 Å². The van der Waals surface area contributed by atoms with Crippen LogP contribution >= 0.6 is 0 Å². The predicted octanol–water partition coefficient (Wildman–Crippen LogP) is 2.28. The Bertz CT molecular complexity index is 280. The Labute approximate surface area is 112 Å². The highest BCUT2D eigenvalue weighted by atomic mass is 16.5. The molecule has 2 aliphatic rings. The number of rotatable bonds is 2. The maximum atomic E-state index is 10.4. The zero-order valence-electron chi connectivity index (χ0n) is 12.4. The van der Waals surface area contributed by atoms with Crippen LogP contribution in [0.15, 0.2) is 0 Å². The Hall–Kier alpha value is -0.120. The van der Waals surface area contributed by atoms with Crippen molar-refractivity contribution in [3.05, 3.63) is 0 Å². The maximum Gasteiger partial charge on any atom is 0.0674 e. The van der Waals surface area contributed by atoms with Crippen molar-refractivity contribution in [1.82, 2.24) is 4.90 Å². The van der Waals surface area contributed by atoms with Gasteiger partial charge in [0.1, 0.15) is 0 Å². The molecule has 1 aliphatic heterocycles. The van der Waals surface area contributed by atoms with Gasteiger partial charge in [0.15, 0.2) is 0 Å². The highest BCUT2D eigenvalue weighted by Crippen LogP contribution is 2.39. The maximum absolute atomic E-state index is 10.4. The number of morpholine rings is 1. The van der Waals surface area contributed by atoms with Crippen LogP contribution in [-0.2, 0) is 4.74 Å². The minimum atomic E-state index is -0.137. The normalized spacial score (nSPS) is 39.8. The van der Waals surface area contributed by atoms with Gasteiger partial charge in [-0.15, -0.1) is 0 Å². The SMILES string of the molecule is C[C@@H]1CC[C@@H](C(C)(C)N2CCO[C@@H](C)C2)[C@H](O)C1.